The lowest BCUT2D eigenvalue weighted by Crippen LogP contribution is -2.26. The molecule has 3 nitrogen and oxygen atoms in total. The summed E-state index contributed by atoms with van der Waals surface area (Å²) in [4.78, 5) is 0. The molecule has 0 aliphatic rings. The van der Waals surface area contributed by atoms with Crippen LogP contribution in [-0.2, 0) is 19.6 Å². The van der Waals surface area contributed by atoms with E-state index in [2.05, 4.69) is 76.7 Å². The van der Waals surface area contributed by atoms with Gasteiger partial charge in [0, 0.05) is 22.6 Å². The Morgan fingerprint density at radius 3 is 2.24 bits per heavy atom. The molecule has 0 saturated heterocycles. The summed E-state index contributed by atoms with van der Waals surface area (Å²) in [5, 5.41) is 3.63. The molecular formula is C25H28BrNO2. The molecule has 0 aliphatic heterocycles. The quantitative estimate of drug-likeness (QED) is 0.399. The van der Waals surface area contributed by atoms with Crippen molar-refractivity contribution in [3.8, 4) is 11.5 Å². The Morgan fingerprint density at radius 1 is 0.931 bits per heavy atom. The van der Waals surface area contributed by atoms with Crippen molar-refractivity contribution in [3.05, 3.63) is 94.0 Å². The average molecular weight is 454 g/mol. The Balaban J connectivity index is 1.64. The van der Waals surface area contributed by atoms with Crippen LogP contribution in [0.2, 0.25) is 0 Å². The summed E-state index contributed by atoms with van der Waals surface area (Å²) < 4.78 is 12.7. The van der Waals surface area contributed by atoms with E-state index in [0.29, 0.717) is 12.6 Å². The Kier molecular flexibility index (Phi) is 8.14. The van der Waals surface area contributed by atoms with Gasteiger partial charge in [0.2, 0.25) is 0 Å². The van der Waals surface area contributed by atoms with Crippen molar-refractivity contribution in [2.45, 2.75) is 39.0 Å². The SMILES string of the molecule is COc1cc(Br)cc(CN[C@@H](C)CCc2ccccc2)c1OCc1ccccc1. The van der Waals surface area contributed by atoms with Crippen molar-refractivity contribution in [2.75, 3.05) is 7.11 Å². The van der Waals surface area contributed by atoms with Crippen LogP contribution < -0.4 is 14.8 Å². The predicted molar refractivity (Wildman–Crippen MR) is 123 cm³/mol. The average Bonchev–Trinajstić information content (AvgIpc) is 2.76. The van der Waals surface area contributed by atoms with Crippen molar-refractivity contribution in [3.63, 3.8) is 0 Å². The molecule has 0 bridgehead atoms. The van der Waals surface area contributed by atoms with Gasteiger partial charge in [-0.15, -0.1) is 0 Å². The zero-order valence-electron chi connectivity index (χ0n) is 17.0. The lowest BCUT2D eigenvalue weighted by molar-refractivity contribution is 0.280. The van der Waals surface area contributed by atoms with E-state index in [4.69, 9.17) is 9.47 Å². The molecule has 1 N–H and O–H groups in total. The second-order valence-electron chi connectivity index (χ2n) is 7.18. The van der Waals surface area contributed by atoms with Gasteiger partial charge in [0.1, 0.15) is 6.61 Å². The van der Waals surface area contributed by atoms with Crippen molar-refractivity contribution in [2.24, 2.45) is 0 Å². The predicted octanol–water partition coefficient (Wildman–Crippen LogP) is 6.15. The molecule has 29 heavy (non-hydrogen) atoms. The van der Waals surface area contributed by atoms with Crippen LogP contribution in [-0.4, -0.2) is 13.2 Å². The molecule has 0 fully saturated rings. The van der Waals surface area contributed by atoms with Gasteiger partial charge in [-0.1, -0.05) is 76.6 Å². The summed E-state index contributed by atoms with van der Waals surface area (Å²) in [6, 6.07) is 25.2. The van der Waals surface area contributed by atoms with Gasteiger partial charge in [0.25, 0.3) is 0 Å². The van der Waals surface area contributed by atoms with E-state index < -0.39 is 0 Å². The van der Waals surface area contributed by atoms with Crippen LogP contribution in [0.15, 0.2) is 77.3 Å². The number of halogens is 1. The fraction of sp³-hybridized carbons (Fsp3) is 0.280. The van der Waals surface area contributed by atoms with Crippen LogP contribution in [0.5, 0.6) is 11.5 Å². The molecule has 0 heterocycles. The molecular weight excluding hydrogens is 426 g/mol. The maximum atomic E-state index is 6.18. The fourth-order valence-electron chi connectivity index (χ4n) is 3.21. The summed E-state index contributed by atoms with van der Waals surface area (Å²) in [7, 11) is 1.68. The Labute approximate surface area is 182 Å². The molecule has 3 rings (SSSR count). The van der Waals surface area contributed by atoms with Crippen LogP contribution in [0.3, 0.4) is 0 Å². The molecule has 0 aliphatic carbocycles. The summed E-state index contributed by atoms with van der Waals surface area (Å²) >= 11 is 3.59. The largest absolute Gasteiger partial charge is 0.493 e. The number of hydrogen-bond acceptors (Lipinski definition) is 3. The van der Waals surface area contributed by atoms with E-state index in [9.17, 15) is 0 Å². The molecule has 3 aromatic carbocycles. The van der Waals surface area contributed by atoms with Crippen LogP contribution in [0.4, 0.5) is 0 Å². The number of nitrogens with one attached hydrogen (secondary N) is 1. The van der Waals surface area contributed by atoms with E-state index in [-0.39, 0.29) is 0 Å². The molecule has 0 radical (unpaired) electrons. The zero-order chi connectivity index (χ0) is 20.5. The van der Waals surface area contributed by atoms with Crippen molar-refractivity contribution >= 4 is 15.9 Å². The van der Waals surface area contributed by atoms with Gasteiger partial charge in [-0.3, -0.25) is 0 Å². The van der Waals surface area contributed by atoms with E-state index in [1.165, 1.54) is 5.56 Å². The summed E-state index contributed by atoms with van der Waals surface area (Å²) in [5.74, 6) is 1.53. The lowest BCUT2D eigenvalue weighted by Gasteiger charge is -2.19. The third-order valence-electron chi connectivity index (χ3n) is 4.89. The lowest BCUT2D eigenvalue weighted by atomic mass is 10.1. The third-order valence-corrected chi connectivity index (χ3v) is 5.35. The number of methoxy groups -OCH3 is 1. The number of ether oxygens (including phenoxy) is 2. The van der Waals surface area contributed by atoms with Crippen LogP contribution in [0.1, 0.15) is 30.0 Å². The first-order valence-corrected chi connectivity index (χ1v) is 10.8. The second kappa shape index (κ2) is 11.0. The van der Waals surface area contributed by atoms with E-state index in [1.807, 2.05) is 24.3 Å². The van der Waals surface area contributed by atoms with Crippen molar-refractivity contribution in [1.82, 2.24) is 5.32 Å². The molecule has 3 aromatic rings. The van der Waals surface area contributed by atoms with E-state index in [0.717, 1.165) is 46.5 Å². The molecule has 0 spiro atoms. The third kappa shape index (κ3) is 6.62. The minimum atomic E-state index is 0.391. The molecule has 0 aromatic heterocycles. The maximum absolute atomic E-state index is 6.18. The summed E-state index contributed by atoms with van der Waals surface area (Å²) in [6.45, 7) is 3.45. The first kappa shape index (κ1) is 21.4. The monoisotopic (exact) mass is 453 g/mol. The summed E-state index contributed by atoms with van der Waals surface area (Å²) in [6.07, 6.45) is 2.14. The minimum absolute atomic E-state index is 0.391. The van der Waals surface area contributed by atoms with E-state index >= 15 is 0 Å². The normalized spacial score (nSPS) is 11.8. The van der Waals surface area contributed by atoms with Gasteiger partial charge in [-0.25, -0.2) is 0 Å². The highest BCUT2D eigenvalue weighted by molar-refractivity contribution is 9.10. The zero-order valence-corrected chi connectivity index (χ0v) is 18.6. The van der Waals surface area contributed by atoms with Gasteiger partial charge in [0.15, 0.2) is 11.5 Å². The number of hydrogen-bond donors (Lipinski definition) is 1. The Bertz CT molecular complexity index is 884. The van der Waals surface area contributed by atoms with Gasteiger partial charge in [-0.05, 0) is 43.0 Å². The maximum Gasteiger partial charge on any atom is 0.166 e. The van der Waals surface area contributed by atoms with E-state index in [1.54, 1.807) is 7.11 Å². The van der Waals surface area contributed by atoms with Gasteiger partial charge in [-0.2, -0.15) is 0 Å². The highest BCUT2D eigenvalue weighted by atomic mass is 79.9. The first-order valence-electron chi connectivity index (χ1n) is 9.96. The second-order valence-corrected chi connectivity index (χ2v) is 8.09. The van der Waals surface area contributed by atoms with Crippen LogP contribution in [0.25, 0.3) is 0 Å². The Morgan fingerprint density at radius 2 is 1.59 bits per heavy atom. The number of rotatable bonds is 10. The highest BCUT2D eigenvalue weighted by Crippen LogP contribution is 2.35. The van der Waals surface area contributed by atoms with Crippen molar-refractivity contribution < 1.29 is 9.47 Å². The number of aryl methyl sites for hydroxylation is 1. The molecule has 1 atom stereocenters. The standard InChI is InChI=1S/C25H28BrNO2/c1-19(13-14-20-9-5-3-6-10-20)27-17-22-15-23(26)16-24(28-2)25(22)29-18-21-11-7-4-8-12-21/h3-12,15-16,19,27H,13-14,17-18H2,1-2H3/t19-/m0/s1. The molecule has 0 unspecified atom stereocenters. The van der Waals surface area contributed by atoms with Crippen LogP contribution >= 0.6 is 15.9 Å². The minimum Gasteiger partial charge on any atom is -0.493 e. The fourth-order valence-corrected chi connectivity index (χ4v) is 3.70. The van der Waals surface area contributed by atoms with Gasteiger partial charge >= 0.3 is 0 Å². The highest BCUT2D eigenvalue weighted by Gasteiger charge is 2.14. The van der Waals surface area contributed by atoms with Crippen molar-refractivity contribution in [1.29, 1.82) is 0 Å². The van der Waals surface area contributed by atoms with Gasteiger partial charge in [0.05, 0.1) is 7.11 Å². The van der Waals surface area contributed by atoms with Crippen LogP contribution in [0, 0.1) is 0 Å². The molecule has 152 valence electrons. The molecule has 4 heteroatoms. The summed E-state index contributed by atoms with van der Waals surface area (Å²) in [5.41, 5.74) is 3.59. The van der Waals surface area contributed by atoms with Gasteiger partial charge < -0.3 is 14.8 Å². The first-order chi connectivity index (χ1) is 14.2. The molecule has 0 amide bonds. The Hall–Kier alpha value is -2.30. The molecule has 0 saturated carbocycles. The topological polar surface area (TPSA) is 30.5 Å². The number of benzene rings is 3. The smallest absolute Gasteiger partial charge is 0.166 e.